The maximum absolute atomic E-state index is 3.99. The largest absolute Gasteiger partial charge is 0.314 e. The second-order valence-corrected chi connectivity index (χ2v) is 5.47. The van der Waals surface area contributed by atoms with Crippen LogP contribution in [0.2, 0.25) is 0 Å². The minimum Gasteiger partial charge on any atom is -0.314 e. The summed E-state index contributed by atoms with van der Waals surface area (Å²) in [7, 11) is 0. The third-order valence-electron chi connectivity index (χ3n) is 3.89. The van der Waals surface area contributed by atoms with Gasteiger partial charge in [-0.1, -0.05) is 55.1 Å². The predicted molar refractivity (Wildman–Crippen MR) is 99.4 cm³/mol. The summed E-state index contributed by atoms with van der Waals surface area (Å²) < 4.78 is 0. The number of nitrogens with zero attached hydrogens (tertiary/aromatic N) is 2. The van der Waals surface area contributed by atoms with E-state index >= 15 is 0 Å². The van der Waals surface area contributed by atoms with Gasteiger partial charge in [-0.25, -0.2) is 0 Å². The number of hydrogen-bond donors (Lipinski definition) is 0. The highest BCUT2D eigenvalue weighted by Crippen LogP contribution is 2.40. The molecule has 2 aromatic carbocycles. The number of fused-ring (bicyclic) bond motifs is 1. The molecule has 0 aliphatic carbocycles. The van der Waals surface area contributed by atoms with E-state index in [1.807, 2.05) is 12.2 Å². The molecule has 0 amide bonds. The fourth-order valence-electron chi connectivity index (χ4n) is 2.91. The van der Waals surface area contributed by atoms with Crippen molar-refractivity contribution in [1.29, 1.82) is 0 Å². The highest BCUT2D eigenvalue weighted by atomic mass is 15.2. The van der Waals surface area contributed by atoms with Crippen molar-refractivity contribution < 1.29 is 0 Å². The lowest BCUT2D eigenvalue weighted by Crippen LogP contribution is -2.11. The number of benzene rings is 2. The molecule has 1 heterocycles. The Morgan fingerprint density at radius 2 is 1.96 bits per heavy atom. The molecule has 0 radical (unpaired) electrons. The number of para-hydroxylation sites is 1. The van der Waals surface area contributed by atoms with Crippen molar-refractivity contribution in [2.75, 3.05) is 4.90 Å². The Hall–Kier alpha value is -2.87. The molecule has 0 aromatic heterocycles. The van der Waals surface area contributed by atoms with Gasteiger partial charge in [0.05, 0.1) is 6.54 Å². The van der Waals surface area contributed by atoms with Crippen LogP contribution in [-0.2, 0) is 13.0 Å². The zero-order valence-electron chi connectivity index (χ0n) is 13.2. The van der Waals surface area contributed by atoms with Crippen LogP contribution in [0.15, 0.2) is 90.1 Å². The minimum atomic E-state index is 0.638. The highest BCUT2D eigenvalue weighted by molar-refractivity contribution is 5.76. The van der Waals surface area contributed by atoms with Gasteiger partial charge in [0, 0.05) is 23.5 Å². The normalized spacial score (nSPS) is 15.1. The number of aliphatic imine (C=N–C) groups is 1. The molecule has 0 saturated carbocycles. The first-order valence-electron chi connectivity index (χ1n) is 7.71. The van der Waals surface area contributed by atoms with E-state index in [1.165, 1.54) is 22.5 Å². The second-order valence-electron chi connectivity index (χ2n) is 5.47. The molecule has 3 rings (SSSR count). The van der Waals surface area contributed by atoms with Crippen LogP contribution < -0.4 is 4.90 Å². The number of anilines is 2. The zero-order valence-corrected chi connectivity index (χ0v) is 13.2. The minimum absolute atomic E-state index is 0.638. The smallest absolute Gasteiger partial charge is 0.0633 e. The third kappa shape index (κ3) is 3.16. The maximum Gasteiger partial charge on any atom is 0.0633 e. The molecule has 0 unspecified atom stereocenters. The Balaban J connectivity index is 2.06. The molecule has 0 atom stereocenters. The average molecular weight is 300 g/mol. The van der Waals surface area contributed by atoms with Crippen LogP contribution in [0.25, 0.3) is 0 Å². The van der Waals surface area contributed by atoms with Crippen LogP contribution >= 0.6 is 0 Å². The standard InChI is InChI=1S/C21H20N2/c1-3-4-5-11-20-15-18-10-6-7-13-21(18)23(20)19-12-8-9-17(14-19)16-22-2/h3-14H,1-2,15-16H2/b5-4-,20-11+. The lowest BCUT2D eigenvalue weighted by Gasteiger charge is -2.22. The van der Waals surface area contributed by atoms with Gasteiger partial charge < -0.3 is 4.90 Å². The van der Waals surface area contributed by atoms with Gasteiger partial charge in [0.15, 0.2) is 0 Å². The highest BCUT2D eigenvalue weighted by Gasteiger charge is 2.24. The molecule has 114 valence electrons. The van der Waals surface area contributed by atoms with Gasteiger partial charge in [0.2, 0.25) is 0 Å². The number of hydrogen-bond acceptors (Lipinski definition) is 2. The molecule has 2 nitrogen and oxygen atoms in total. The van der Waals surface area contributed by atoms with Crippen molar-refractivity contribution in [3.63, 3.8) is 0 Å². The van der Waals surface area contributed by atoms with E-state index in [4.69, 9.17) is 0 Å². The monoisotopic (exact) mass is 300 g/mol. The molecular formula is C21H20N2. The molecule has 2 aromatic rings. The van der Waals surface area contributed by atoms with Crippen LogP contribution in [0.1, 0.15) is 11.1 Å². The first-order chi connectivity index (χ1) is 11.3. The molecule has 0 N–H and O–H groups in total. The van der Waals surface area contributed by atoms with Crippen LogP contribution in [0.5, 0.6) is 0 Å². The summed E-state index contributed by atoms with van der Waals surface area (Å²) in [6, 6.07) is 17.0. The lowest BCUT2D eigenvalue weighted by molar-refractivity contribution is 1.07. The summed E-state index contributed by atoms with van der Waals surface area (Å²) in [6.45, 7) is 7.96. The number of rotatable bonds is 5. The van der Waals surface area contributed by atoms with Gasteiger partial charge in [-0.15, -0.1) is 0 Å². The number of allylic oxidation sites excluding steroid dienone is 5. The van der Waals surface area contributed by atoms with Gasteiger partial charge in [-0.05, 0) is 42.1 Å². The fourth-order valence-corrected chi connectivity index (χ4v) is 2.91. The first-order valence-corrected chi connectivity index (χ1v) is 7.71. The van der Waals surface area contributed by atoms with E-state index in [0.29, 0.717) is 6.54 Å². The summed E-state index contributed by atoms with van der Waals surface area (Å²) in [4.78, 5) is 6.31. The van der Waals surface area contributed by atoms with Crippen molar-refractivity contribution in [3.05, 3.63) is 96.2 Å². The van der Waals surface area contributed by atoms with Gasteiger partial charge in [-0.2, -0.15) is 0 Å². The Morgan fingerprint density at radius 1 is 1.09 bits per heavy atom. The summed E-state index contributed by atoms with van der Waals surface area (Å²) in [5, 5.41) is 0. The third-order valence-corrected chi connectivity index (χ3v) is 3.89. The molecular weight excluding hydrogens is 280 g/mol. The molecule has 1 aliphatic heterocycles. The van der Waals surface area contributed by atoms with E-state index in [2.05, 4.69) is 77.8 Å². The summed E-state index contributed by atoms with van der Waals surface area (Å²) in [5.74, 6) is 0. The second kappa shape index (κ2) is 6.93. The summed E-state index contributed by atoms with van der Waals surface area (Å²) in [6.07, 6.45) is 8.87. The van der Waals surface area contributed by atoms with Gasteiger partial charge in [0.25, 0.3) is 0 Å². The molecule has 0 spiro atoms. The fraction of sp³-hybridized carbons (Fsp3) is 0.0952. The van der Waals surface area contributed by atoms with Gasteiger partial charge in [0.1, 0.15) is 0 Å². The van der Waals surface area contributed by atoms with Crippen molar-refractivity contribution in [3.8, 4) is 0 Å². The molecule has 23 heavy (non-hydrogen) atoms. The SMILES string of the molecule is C=C/C=C\C=C1/Cc2ccccc2N1c1cccc(CN=C)c1. The molecule has 0 saturated heterocycles. The predicted octanol–water partition coefficient (Wildman–Crippen LogP) is 5.21. The zero-order chi connectivity index (χ0) is 16.1. The van der Waals surface area contributed by atoms with Crippen LogP contribution in [0.3, 0.4) is 0 Å². The quantitative estimate of drug-likeness (QED) is 0.547. The topological polar surface area (TPSA) is 15.6 Å². The Kier molecular flexibility index (Phi) is 4.53. The summed E-state index contributed by atoms with van der Waals surface area (Å²) in [5.41, 5.74) is 6.18. The van der Waals surface area contributed by atoms with Crippen molar-refractivity contribution in [1.82, 2.24) is 0 Å². The van der Waals surface area contributed by atoms with Gasteiger partial charge >= 0.3 is 0 Å². The Morgan fingerprint density at radius 3 is 2.78 bits per heavy atom. The van der Waals surface area contributed by atoms with Crippen molar-refractivity contribution in [2.24, 2.45) is 4.99 Å². The van der Waals surface area contributed by atoms with Crippen LogP contribution in [0.4, 0.5) is 11.4 Å². The average Bonchev–Trinajstić information content (AvgIpc) is 2.94. The van der Waals surface area contributed by atoms with Crippen LogP contribution in [0, 0.1) is 0 Å². The molecule has 0 fully saturated rings. The van der Waals surface area contributed by atoms with Gasteiger partial charge in [-0.3, -0.25) is 4.99 Å². The summed E-state index contributed by atoms with van der Waals surface area (Å²) >= 11 is 0. The molecule has 1 aliphatic rings. The Bertz CT molecular complexity index is 784. The van der Waals surface area contributed by atoms with E-state index in [9.17, 15) is 0 Å². The van der Waals surface area contributed by atoms with E-state index in [-0.39, 0.29) is 0 Å². The van der Waals surface area contributed by atoms with Crippen molar-refractivity contribution >= 4 is 18.1 Å². The maximum atomic E-state index is 3.99. The lowest BCUT2D eigenvalue weighted by atomic mass is 10.1. The Labute approximate surface area is 137 Å². The van der Waals surface area contributed by atoms with Crippen molar-refractivity contribution in [2.45, 2.75) is 13.0 Å². The van der Waals surface area contributed by atoms with E-state index in [0.717, 1.165) is 12.1 Å². The first kappa shape index (κ1) is 15.0. The molecule has 0 bridgehead atoms. The molecule has 2 heteroatoms. The van der Waals surface area contributed by atoms with E-state index < -0.39 is 0 Å². The van der Waals surface area contributed by atoms with Crippen LogP contribution in [-0.4, -0.2) is 6.72 Å². The van der Waals surface area contributed by atoms with E-state index in [1.54, 1.807) is 6.08 Å².